The smallest absolute Gasteiger partial charge is 0.270 e. The fraction of sp³-hybridized carbons (Fsp3) is 0.571. The summed E-state index contributed by atoms with van der Waals surface area (Å²) >= 11 is 0. The minimum atomic E-state index is -4.47. The first-order valence-corrected chi connectivity index (χ1v) is 8.20. The molecule has 1 heterocycles. The van der Waals surface area contributed by atoms with Crippen LogP contribution in [0.15, 0.2) is 24.3 Å². The summed E-state index contributed by atoms with van der Waals surface area (Å²) in [5, 5.41) is 0. The zero-order valence-electron chi connectivity index (χ0n) is 11.9. The molecule has 0 radical (unpaired) electrons. The van der Waals surface area contributed by atoms with Crippen LogP contribution in [0, 0.1) is 0 Å². The molecule has 1 aliphatic rings. The second-order valence-electron chi connectivity index (χ2n) is 5.38. The van der Waals surface area contributed by atoms with Crippen molar-refractivity contribution in [2.45, 2.75) is 45.4 Å². The van der Waals surface area contributed by atoms with E-state index >= 15 is 0 Å². The van der Waals surface area contributed by atoms with Crippen LogP contribution in [0.5, 0.6) is 0 Å². The van der Waals surface area contributed by atoms with Gasteiger partial charge in [-0.05, 0) is 30.9 Å². The number of rotatable bonds is 5. The van der Waals surface area contributed by atoms with E-state index in [9.17, 15) is 8.42 Å². The number of benzene rings is 1. The molecular formula is C14H21NO4S. The zero-order chi connectivity index (χ0) is 14.8. The van der Waals surface area contributed by atoms with Gasteiger partial charge in [-0.15, -0.1) is 0 Å². The van der Waals surface area contributed by atoms with Crippen molar-refractivity contribution in [1.82, 2.24) is 4.90 Å². The van der Waals surface area contributed by atoms with Crippen LogP contribution in [-0.4, -0.2) is 30.1 Å². The molecule has 1 atom stereocenters. The van der Waals surface area contributed by atoms with E-state index in [2.05, 4.69) is 6.07 Å². The van der Waals surface area contributed by atoms with Crippen molar-refractivity contribution >= 4 is 10.4 Å². The molecule has 0 spiro atoms. The quantitative estimate of drug-likeness (QED) is 0.846. The van der Waals surface area contributed by atoms with E-state index in [0.29, 0.717) is 19.5 Å². The Labute approximate surface area is 120 Å². The predicted octanol–water partition coefficient (Wildman–Crippen LogP) is 2.38. The third kappa shape index (κ3) is 3.58. The van der Waals surface area contributed by atoms with Gasteiger partial charge in [0.1, 0.15) is 5.72 Å². The topological polar surface area (TPSA) is 66.8 Å². The maximum absolute atomic E-state index is 11.1. The van der Waals surface area contributed by atoms with Crippen molar-refractivity contribution in [3.8, 4) is 0 Å². The normalized spacial score (nSPS) is 19.4. The van der Waals surface area contributed by atoms with Gasteiger partial charge in [-0.3, -0.25) is 9.45 Å². The minimum Gasteiger partial charge on any atom is -0.270 e. The molecule has 0 fully saturated rings. The molecule has 0 saturated heterocycles. The van der Waals surface area contributed by atoms with Gasteiger partial charge in [-0.25, -0.2) is 4.18 Å². The zero-order valence-corrected chi connectivity index (χ0v) is 12.7. The molecule has 1 aromatic rings. The van der Waals surface area contributed by atoms with Crippen LogP contribution in [0.1, 0.15) is 37.8 Å². The van der Waals surface area contributed by atoms with Gasteiger partial charge in [0.25, 0.3) is 0 Å². The second kappa shape index (κ2) is 5.81. The lowest BCUT2D eigenvalue weighted by molar-refractivity contribution is -0.0869. The molecule has 0 amide bonds. The predicted molar refractivity (Wildman–Crippen MR) is 76.5 cm³/mol. The summed E-state index contributed by atoms with van der Waals surface area (Å²) in [4.78, 5) is 1.98. The van der Waals surface area contributed by atoms with E-state index in [-0.39, 0.29) is 0 Å². The van der Waals surface area contributed by atoms with Crippen LogP contribution < -0.4 is 0 Å². The Morgan fingerprint density at radius 2 is 2.00 bits per heavy atom. The number of nitrogens with zero attached hydrogens (tertiary/aromatic N) is 1. The summed E-state index contributed by atoms with van der Waals surface area (Å²) in [6, 6.07) is 8.12. The monoisotopic (exact) mass is 299 g/mol. The molecule has 1 N–H and O–H groups in total. The fourth-order valence-electron chi connectivity index (χ4n) is 2.84. The Kier molecular flexibility index (Phi) is 4.49. The van der Waals surface area contributed by atoms with Crippen LogP contribution in [-0.2, 0) is 27.5 Å². The molecule has 0 bridgehead atoms. The molecule has 6 heteroatoms. The molecule has 1 aromatic carbocycles. The SMILES string of the molecule is CCCC(C)(OS(=O)(=O)O)N1CCc2ccccc2C1. The molecule has 0 aromatic heterocycles. The highest BCUT2D eigenvalue weighted by atomic mass is 32.3. The van der Waals surface area contributed by atoms with Crippen LogP contribution >= 0.6 is 0 Å². The molecule has 2 rings (SSSR count). The Bertz CT molecular complexity index is 572. The van der Waals surface area contributed by atoms with Gasteiger partial charge in [0.15, 0.2) is 0 Å². The third-order valence-electron chi connectivity index (χ3n) is 3.80. The van der Waals surface area contributed by atoms with E-state index in [1.807, 2.05) is 30.0 Å². The van der Waals surface area contributed by atoms with E-state index in [1.54, 1.807) is 6.92 Å². The maximum Gasteiger partial charge on any atom is 0.399 e. The van der Waals surface area contributed by atoms with E-state index in [4.69, 9.17) is 8.74 Å². The summed E-state index contributed by atoms with van der Waals surface area (Å²) in [5.41, 5.74) is 1.46. The largest absolute Gasteiger partial charge is 0.399 e. The highest BCUT2D eigenvalue weighted by Gasteiger charge is 2.38. The van der Waals surface area contributed by atoms with Crippen molar-refractivity contribution < 1.29 is 17.2 Å². The Balaban J connectivity index is 2.24. The van der Waals surface area contributed by atoms with E-state index < -0.39 is 16.1 Å². The molecule has 1 aliphatic heterocycles. The fourth-order valence-corrected chi connectivity index (χ4v) is 3.49. The number of hydrogen-bond acceptors (Lipinski definition) is 4. The van der Waals surface area contributed by atoms with Gasteiger partial charge in [0.2, 0.25) is 0 Å². The number of fused-ring (bicyclic) bond motifs is 1. The van der Waals surface area contributed by atoms with Crippen LogP contribution in [0.3, 0.4) is 0 Å². The summed E-state index contributed by atoms with van der Waals surface area (Å²) in [7, 11) is -4.47. The van der Waals surface area contributed by atoms with Crippen molar-refractivity contribution in [3.05, 3.63) is 35.4 Å². The van der Waals surface area contributed by atoms with Crippen LogP contribution in [0.4, 0.5) is 0 Å². The lowest BCUT2D eigenvalue weighted by Crippen LogP contribution is -2.51. The average Bonchev–Trinajstić information content (AvgIpc) is 2.36. The van der Waals surface area contributed by atoms with Crippen molar-refractivity contribution in [1.29, 1.82) is 0 Å². The Hall–Kier alpha value is -0.950. The first-order chi connectivity index (χ1) is 9.34. The Morgan fingerprint density at radius 1 is 1.35 bits per heavy atom. The van der Waals surface area contributed by atoms with Gasteiger partial charge in [0, 0.05) is 13.1 Å². The minimum absolute atomic E-state index is 0.537. The van der Waals surface area contributed by atoms with E-state index in [1.165, 1.54) is 11.1 Å². The van der Waals surface area contributed by atoms with Gasteiger partial charge >= 0.3 is 10.4 Å². The third-order valence-corrected chi connectivity index (χ3v) is 4.37. The first kappa shape index (κ1) is 15.4. The Morgan fingerprint density at radius 3 is 2.60 bits per heavy atom. The van der Waals surface area contributed by atoms with Crippen molar-refractivity contribution in [2.75, 3.05) is 6.54 Å². The van der Waals surface area contributed by atoms with E-state index in [0.717, 1.165) is 12.8 Å². The molecule has 5 nitrogen and oxygen atoms in total. The molecule has 1 unspecified atom stereocenters. The highest BCUT2D eigenvalue weighted by molar-refractivity contribution is 7.80. The van der Waals surface area contributed by atoms with Gasteiger partial charge < -0.3 is 0 Å². The molecule has 0 saturated carbocycles. The van der Waals surface area contributed by atoms with Crippen molar-refractivity contribution in [3.63, 3.8) is 0 Å². The lowest BCUT2D eigenvalue weighted by atomic mass is 9.97. The standard InChI is InChI=1S/C14H21NO4S/c1-3-9-14(2,19-20(16,17)18)15-10-8-12-6-4-5-7-13(12)11-15/h4-7H,3,8-11H2,1-2H3,(H,16,17,18). The highest BCUT2D eigenvalue weighted by Crippen LogP contribution is 2.30. The summed E-state index contributed by atoms with van der Waals surface area (Å²) < 4.78 is 36.2. The van der Waals surface area contributed by atoms with Gasteiger partial charge in [-0.1, -0.05) is 37.6 Å². The van der Waals surface area contributed by atoms with Crippen LogP contribution in [0.25, 0.3) is 0 Å². The summed E-state index contributed by atoms with van der Waals surface area (Å²) in [6.45, 7) is 5.02. The molecule has 112 valence electrons. The van der Waals surface area contributed by atoms with Crippen molar-refractivity contribution in [2.24, 2.45) is 0 Å². The summed E-state index contributed by atoms with van der Waals surface area (Å²) in [6.07, 6.45) is 2.16. The van der Waals surface area contributed by atoms with Gasteiger partial charge in [0.05, 0.1) is 0 Å². The maximum atomic E-state index is 11.1. The molecular weight excluding hydrogens is 278 g/mol. The molecule has 20 heavy (non-hydrogen) atoms. The average molecular weight is 299 g/mol. The lowest BCUT2D eigenvalue weighted by Gasteiger charge is -2.42. The second-order valence-corrected chi connectivity index (χ2v) is 6.40. The van der Waals surface area contributed by atoms with Crippen LogP contribution in [0.2, 0.25) is 0 Å². The molecule has 0 aliphatic carbocycles. The number of hydrogen-bond donors (Lipinski definition) is 1. The van der Waals surface area contributed by atoms with Gasteiger partial charge in [-0.2, -0.15) is 8.42 Å². The first-order valence-electron chi connectivity index (χ1n) is 6.84. The summed E-state index contributed by atoms with van der Waals surface area (Å²) in [5.74, 6) is 0.